The molecule has 0 radical (unpaired) electrons. The molecule has 0 bridgehead atoms. The van der Waals surface area contributed by atoms with Crippen LogP contribution in [0.25, 0.3) is 5.57 Å². The zero-order valence-electron chi connectivity index (χ0n) is 16.6. The van der Waals surface area contributed by atoms with E-state index in [1.807, 2.05) is 51.1 Å². The Morgan fingerprint density at radius 2 is 2.21 bits per heavy atom. The maximum absolute atomic E-state index is 12.0. The normalized spacial score (nSPS) is 17.0. The predicted octanol–water partition coefficient (Wildman–Crippen LogP) is 2.28. The van der Waals surface area contributed by atoms with Crippen LogP contribution in [0.5, 0.6) is 0 Å². The minimum Gasteiger partial charge on any atom is -0.444 e. The highest BCUT2D eigenvalue weighted by molar-refractivity contribution is 5.78. The van der Waals surface area contributed by atoms with Crippen molar-refractivity contribution in [2.24, 2.45) is 0 Å². The van der Waals surface area contributed by atoms with Crippen molar-refractivity contribution in [1.82, 2.24) is 25.9 Å². The Bertz CT molecular complexity index is 911. The van der Waals surface area contributed by atoms with Crippen LogP contribution >= 0.6 is 0 Å². The molecule has 1 amide bonds. The number of aromatic nitrogens is 4. The third-order valence-corrected chi connectivity index (χ3v) is 4.23. The first-order chi connectivity index (χ1) is 13.9. The lowest BCUT2D eigenvalue weighted by Gasteiger charge is -2.23. The van der Waals surface area contributed by atoms with Crippen molar-refractivity contribution in [3.63, 3.8) is 0 Å². The lowest BCUT2D eigenvalue weighted by molar-refractivity contribution is 0.0509. The molecular formula is C19H24N8O2. The summed E-state index contributed by atoms with van der Waals surface area (Å²) in [6.07, 6.45) is 1.96. The number of rotatable bonds is 5. The molecule has 1 fully saturated rings. The number of anilines is 2. The second-order valence-electron chi connectivity index (χ2n) is 7.64. The van der Waals surface area contributed by atoms with E-state index >= 15 is 0 Å². The van der Waals surface area contributed by atoms with Gasteiger partial charge < -0.3 is 20.3 Å². The molecule has 0 saturated carbocycles. The van der Waals surface area contributed by atoms with Gasteiger partial charge in [-0.1, -0.05) is 12.1 Å². The summed E-state index contributed by atoms with van der Waals surface area (Å²) in [5.41, 5.74) is 1.55. The van der Waals surface area contributed by atoms with Gasteiger partial charge in [0.1, 0.15) is 17.2 Å². The number of amides is 1. The minimum absolute atomic E-state index is 0.00227. The van der Waals surface area contributed by atoms with Crippen LogP contribution in [0.15, 0.2) is 30.5 Å². The van der Waals surface area contributed by atoms with E-state index in [0.717, 1.165) is 24.3 Å². The molecule has 1 atom stereocenters. The topological polar surface area (TPSA) is 132 Å². The first-order valence-corrected chi connectivity index (χ1v) is 9.30. The van der Waals surface area contributed by atoms with Crippen LogP contribution in [0.3, 0.4) is 0 Å². The Morgan fingerprint density at radius 3 is 2.90 bits per heavy atom. The van der Waals surface area contributed by atoms with E-state index in [2.05, 4.69) is 36.2 Å². The maximum atomic E-state index is 12.0. The molecule has 1 aromatic heterocycles. The fraction of sp³-hybridized carbons (Fsp3) is 0.421. The van der Waals surface area contributed by atoms with Crippen molar-refractivity contribution >= 4 is 23.0 Å². The van der Waals surface area contributed by atoms with Gasteiger partial charge in [0.2, 0.25) is 5.82 Å². The maximum Gasteiger partial charge on any atom is 0.407 e. The zero-order valence-corrected chi connectivity index (χ0v) is 16.6. The molecule has 1 aromatic carbocycles. The number of nitrogens with one attached hydrogen (secondary N) is 3. The number of carbonyl (C=O) groups is 1. The number of carbonyl (C=O) groups excluding carboxylic acids is 1. The van der Waals surface area contributed by atoms with Gasteiger partial charge in [-0.2, -0.15) is 10.5 Å². The largest absolute Gasteiger partial charge is 0.444 e. The van der Waals surface area contributed by atoms with Crippen LogP contribution in [-0.2, 0) is 4.74 Å². The van der Waals surface area contributed by atoms with Crippen molar-refractivity contribution in [3.05, 3.63) is 36.3 Å². The van der Waals surface area contributed by atoms with E-state index in [1.165, 1.54) is 0 Å². The molecule has 1 aliphatic heterocycles. The Kier molecular flexibility index (Phi) is 5.97. The third kappa shape index (κ3) is 5.44. The van der Waals surface area contributed by atoms with E-state index in [0.29, 0.717) is 6.54 Å². The van der Waals surface area contributed by atoms with Gasteiger partial charge in [-0.25, -0.2) is 4.79 Å². The van der Waals surface area contributed by atoms with Gasteiger partial charge in [0.15, 0.2) is 0 Å². The number of alkyl carbamates (subject to hydrolysis) is 1. The number of H-pyrrole nitrogens is 1. The van der Waals surface area contributed by atoms with E-state index < -0.39 is 11.7 Å². The molecule has 10 nitrogen and oxygen atoms in total. The van der Waals surface area contributed by atoms with E-state index in [1.54, 1.807) is 6.20 Å². The van der Waals surface area contributed by atoms with Crippen molar-refractivity contribution in [3.8, 4) is 6.07 Å². The quantitative estimate of drug-likeness (QED) is 0.656. The monoisotopic (exact) mass is 396 g/mol. The summed E-state index contributed by atoms with van der Waals surface area (Å²) in [6.45, 7) is 6.98. The Labute approximate surface area is 168 Å². The number of aromatic amines is 1. The van der Waals surface area contributed by atoms with Crippen LogP contribution in [-0.4, -0.2) is 51.4 Å². The lowest BCUT2D eigenvalue weighted by Crippen LogP contribution is -2.40. The lowest BCUT2D eigenvalue weighted by atomic mass is 10.2. The van der Waals surface area contributed by atoms with Gasteiger partial charge in [0, 0.05) is 19.3 Å². The van der Waals surface area contributed by atoms with Crippen molar-refractivity contribution in [2.45, 2.75) is 38.8 Å². The molecular weight excluding hydrogens is 372 g/mol. The van der Waals surface area contributed by atoms with Gasteiger partial charge in [-0.15, -0.1) is 10.2 Å². The first-order valence-electron chi connectivity index (χ1n) is 9.30. The van der Waals surface area contributed by atoms with Crippen LogP contribution in [0.4, 0.5) is 16.2 Å². The molecule has 3 N–H and O–H groups in total. The van der Waals surface area contributed by atoms with Crippen molar-refractivity contribution in [2.75, 3.05) is 23.3 Å². The standard InChI is InChI=1S/C19H24N8O2/c1-19(2,3)29-18(28)22-14-8-9-27(12-14)16-7-5-4-6-15(16)21-11-13(10-20)17-23-25-26-24-17/h4-7,11,14,21H,8-9,12H2,1-3H3,(H,22,28)(H,23,24,25,26). The number of nitrogens with zero attached hydrogens (tertiary/aromatic N) is 5. The first kappa shape index (κ1) is 20.1. The molecule has 0 spiro atoms. The van der Waals surface area contributed by atoms with Crippen LogP contribution in [0.1, 0.15) is 33.0 Å². The number of para-hydroxylation sites is 2. The van der Waals surface area contributed by atoms with Gasteiger partial charge in [-0.3, -0.25) is 0 Å². The Morgan fingerprint density at radius 1 is 1.41 bits per heavy atom. The molecule has 1 unspecified atom stereocenters. The number of nitriles is 1. The Balaban J connectivity index is 1.67. The Hall–Kier alpha value is -3.61. The number of allylic oxidation sites excluding steroid dienone is 1. The highest BCUT2D eigenvalue weighted by Gasteiger charge is 2.27. The molecule has 3 rings (SSSR count). The summed E-state index contributed by atoms with van der Waals surface area (Å²) in [5.74, 6) is 0.222. The molecule has 29 heavy (non-hydrogen) atoms. The predicted molar refractivity (Wildman–Crippen MR) is 108 cm³/mol. The van der Waals surface area contributed by atoms with Gasteiger partial charge in [-0.05, 0) is 44.5 Å². The van der Waals surface area contributed by atoms with Gasteiger partial charge >= 0.3 is 6.09 Å². The average Bonchev–Trinajstić information content (AvgIpc) is 3.33. The SMILES string of the molecule is CC(C)(C)OC(=O)NC1CCN(c2ccccc2NC=C(C#N)c2nn[nH]n2)C1. The summed E-state index contributed by atoms with van der Waals surface area (Å²) in [6, 6.07) is 9.82. The summed E-state index contributed by atoms with van der Waals surface area (Å²) >= 11 is 0. The molecule has 0 aliphatic carbocycles. The number of benzene rings is 1. The van der Waals surface area contributed by atoms with Crippen molar-refractivity contribution < 1.29 is 9.53 Å². The van der Waals surface area contributed by atoms with Gasteiger partial charge in [0.25, 0.3) is 0 Å². The molecule has 2 heterocycles. The van der Waals surface area contributed by atoms with E-state index in [4.69, 9.17) is 4.74 Å². The number of tetrazole rings is 1. The minimum atomic E-state index is -0.525. The fourth-order valence-corrected chi connectivity index (χ4v) is 3.02. The molecule has 2 aromatic rings. The third-order valence-electron chi connectivity index (χ3n) is 4.23. The van der Waals surface area contributed by atoms with E-state index in [9.17, 15) is 10.1 Å². The van der Waals surface area contributed by atoms with Crippen LogP contribution in [0, 0.1) is 11.3 Å². The number of hydrogen-bond acceptors (Lipinski definition) is 8. The molecule has 152 valence electrons. The number of ether oxygens (including phenoxy) is 1. The van der Waals surface area contributed by atoms with Crippen LogP contribution < -0.4 is 15.5 Å². The second kappa shape index (κ2) is 8.60. The summed E-state index contributed by atoms with van der Waals surface area (Å²) in [7, 11) is 0. The summed E-state index contributed by atoms with van der Waals surface area (Å²) < 4.78 is 5.34. The highest BCUT2D eigenvalue weighted by Crippen LogP contribution is 2.29. The molecule has 10 heteroatoms. The highest BCUT2D eigenvalue weighted by atomic mass is 16.6. The molecule has 1 aliphatic rings. The fourth-order valence-electron chi connectivity index (χ4n) is 3.02. The van der Waals surface area contributed by atoms with E-state index in [-0.39, 0.29) is 17.4 Å². The van der Waals surface area contributed by atoms with Crippen molar-refractivity contribution in [1.29, 1.82) is 5.26 Å². The average molecular weight is 396 g/mol. The summed E-state index contributed by atoms with van der Waals surface area (Å²) in [5, 5.41) is 28.8. The van der Waals surface area contributed by atoms with Gasteiger partial charge in [0.05, 0.1) is 17.4 Å². The number of hydrogen-bond donors (Lipinski definition) is 3. The summed E-state index contributed by atoms with van der Waals surface area (Å²) in [4.78, 5) is 14.2. The zero-order chi connectivity index (χ0) is 20.9. The molecule has 1 saturated heterocycles. The van der Waals surface area contributed by atoms with Crippen LogP contribution in [0.2, 0.25) is 0 Å². The smallest absolute Gasteiger partial charge is 0.407 e. The second-order valence-corrected chi connectivity index (χ2v) is 7.64.